The highest BCUT2D eigenvalue weighted by Crippen LogP contribution is 2.36. The van der Waals surface area contributed by atoms with E-state index in [1.54, 1.807) is 17.5 Å². The normalized spacial score (nSPS) is 10.7. The molecule has 0 aliphatic carbocycles. The fraction of sp³-hybridized carbons (Fsp3) is 0.0714. The van der Waals surface area contributed by atoms with Crippen molar-refractivity contribution >= 4 is 28.6 Å². The topological polar surface area (TPSA) is 64.7 Å². The summed E-state index contributed by atoms with van der Waals surface area (Å²) < 4.78 is 0. The molecule has 0 aliphatic rings. The second kappa shape index (κ2) is 5.19. The number of hydrogen-bond donors (Lipinski definition) is 1. The van der Waals surface area contributed by atoms with Crippen LogP contribution < -0.4 is 5.73 Å². The summed E-state index contributed by atoms with van der Waals surface area (Å²) in [5.41, 5.74) is 9.17. The van der Waals surface area contributed by atoms with Crippen LogP contribution in [0.15, 0.2) is 36.5 Å². The van der Waals surface area contributed by atoms with Crippen molar-refractivity contribution in [1.29, 1.82) is 0 Å². The highest BCUT2D eigenvalue weighted by Gasteiger charge is 2.15. The highest BCUT2D eigenvalue weighted by molar-refractivity contribution is 7.15. The molecule has 4 nitrogen and oxygen atoms in total. The Morgan fingerprint density at radius 3 is 2.80 bits per heavy atom. The van der Waals surface area contributed by atoms with Gasteiger partial charge in [-0.1, -0.05) is 12.1 Å². The number of thiazole rings is 1. The minimum atomic E-state index is 0.229. The van der Waals surface area contributed by atoms with E-state index in [0.717, 1.165) is 26.8 Å². The Hall–Kier alpha value is -1.98. The zero-order valence-corrected chi connectivity index (χ0v) is 12.2. The SMILES string of the molecule is Cc1nc(-c2cccc(N)c2)c(-c2ccnc(Cl)n2)s1. The molecule has 0 radical (unpaired) electrons. The van der Waals surface area contributed by atoms with Gasteiger partial charge in [0.2, 0.25) is 5.28 Å². The standard InChI is InChI=1S/C14H11ClN4S/c1-8-18-12(9-3-2-4-10(16)7-9)13(20-8)11-5-6-17-14(15)19-11/h2-7H,16H2,1H3. The molecule has 0 saturated carbocycles. The fourth-order valence-electron chi connectivity index (χ4n) is 1.94. The van der Waals surface area contributed by atoms with Gasteiger partial charge in [-0.25, -0.2) is 15.0 Å². The van der Waals surface area contributed by atoms with Crippen molar-refractivity contribution in [1.82, 2.24) is 15.0 Å². The van der Waals surface area contributed by atoms with Crippen molar-refractivity contribution in [3.05, 3.63) is 46.8 Å². The van der Waals surface area contributed by atoms with Crippen LogP contribution in [-0.4, -0.2) is 15.0 Å². The molecule has 2 N–H and O–H groups in total. The van der Waals surface area contributed by atoms with Crippen molar-refractivity contribution in [2.45, 2.75) is 6.92 Å². The lowest BCUT2D eigenvalue weighted by molar-refractivity contribution is 1.17. The third-order valence-corrected chi connectivity index (χ3v) is 3.93. The molecule has 0 saturated heterocycles. The van der Waals surface area contributed by atoms with Gasteiger partial charge in [0.05, 0.1) is 21.3 Å². The summed E-state index contributed by atoms with van der Waals surface area (Å²) in [5.74, 6) is 0. The lowest BCUT2D eigenvalue weighted by Gasteiger charge is -2.03. The van der Waals surface area contributed by atoms with Gasteiger partial charge in [0, 0.05) is 17.4 Å². The zero-order chi connectivity index (χ0) is 14.1. The number of aromatic nitrogens is 3. The minimum Gasteiger partial charge on any atom is -0.399 e. The minimum absolute atomic E-state index is 0.229. The highest BCUT2D eigenvalue weighted by atomic mass is 35.5. The number of nitrogens with two attached hydrogens (primary N) is 1. The Balaban J connectivity index is 2.18. The molecular weight excluding hydrogens is 292 g/mol. The summed E-state index contributed by atoms with van der Waals surface area (Å²) in [6.07, 6.45) is 1.64. The maximum Gasteiger partial charge on any atom is 0.222 e. The molecule has 20 heavy (non-hydrogen) atoms. The summed E-state index contributed by atoms with van der Waals surface area (Å²) in [6, 6.07) is 9.48. The molecule has 3 rings (SSSR count). The molecule has 0 atom stereocenters. The van der Waals surface area contributed by atoms with Crippen LogP contribution in [-0.2, 0) is 0 Å². The lowest BCUT2D eigenvalue weighted by Crippen LogP contribution is -1.89. The quantitative estimate of drug-likeness (QED) is 0.577. The molecule has 2 heterocycles. The summed E-state index contributed by atoms with van der Waals surface area (Å²) in [7, 11) is 0. The first-order valence-corrected chi connectivity index (χ1v) is 7.15. The smallest absolute Gasteiger partial charge is 0.222 e. The molecule has 0 spiro atoms. The molecule has 0 amide bonds. The van der Waals surface area contributed by atoms with Crippen LogP contribution in [0.3, 0.4) is 0 Å². The van der Waals surface area contributed by atoms with Gasteiger partial charge in [0.1, 0.15) is 0 Å². The van der Waals surface area contributed by atoms with Crippen molar-refractivity contribution < 1.29 is 0 Å². The van der Waals surface area contributed by atoms with Crippen LogP contribution in [0.4, 0.5) is 5.69 Å². The van der Waals surface area contributed by atoms with Gasteiger partial charge in [-0.2, -0.15) is 0 Å². The van der Waals surface area contributed by atoms with Crippen molar-refractivity contribution in [2.24, 2.45) is 0 Å². The van der Waals surface area contributed by atoms with E-state index < -0.39 is 0 Å². The van der Waals surface area contributed by atoms with Gasteiger partial charge < -0.3 is 5.73 Å². The molecule has 0 unspecified atom stereocenters. The number of aryl methyl sites for hydroxylation is 1. The van der Waals surface area contributed by atoms with Crippen molar-refractivity contribution in [2.75, 3.05) is 5.73 Å². The van der Waals surface area contributed by atoms with E-state index in [4.69, 9.17) is 17.3 Å². The molecule has 0 fully saturated rings. The average molecular weight is 303 g/mol. The number of halogens is 1. The number of hydrogen-bond acceptors (Lipinski definition) is 5. The average Bonchev–Trinajstić information content (AvgIpc) is 2.81. The Bertz CT molecular complexity index is 706. The van der Waals surface area contributed by atoms with Crippen LogP contribution >= 0.6 is 22.9 Å². The summed E-state index contributed by atoms with van der Waals surface area (Å²) in [6.45, 7) is 1.97. The Morgan fingerprint density at radius 2 is 2.05 bits per heavy atom. The van der Waals surface area contributed by atoms with E-state index in [9.17, 15) is 0 Å². The van der Waals surface area contributed by atoms with Gasteiger partial charge in [0.25, 0.3) is 0 Å². The third-order valence-electron chi connectivity index (χ3n) is 2.75. The molecule has 6 heteroatoms. The molecule has 0 bridgehead atoms. The maximum atomic E-state index is 5.87. The predicted molar refractivity (Wildman–Crippen MR) is 82.7 cm³/mol. The van der Waals surface area contributed by atoms with E-state index in [1.165, 1.54) is 0 Å². The third kappa shape index (κ3) is 2.50. The lowest BCUT2D eigenvalue weighted by atomic mass is 10.1. The van der Waals surface area contributed by atoms with Crippen LogP contribution in [0, 0.1) is 6.92 Å². The molecule has 1 aromatic carbocycles. The Labute approximate surface area is 125 Å². The van der Waals surface area contributed by atoms with Gasteiger partial charge in [0.15, 0.2) is 0 Å². The number of rotatable bonds is 2. The van der Waals surface area contributed by atoms with Gasteiger partial charge >= 0.3 is 0 Å². The largest absolute Gasteiger partial charge is 0.399 e. The van der Waals surface area contributed by atoms with Gasteiger partial charge in [-0.3, -0.25) is 0 Å². The van der Waals surface area contributed by atoms with Crippen LogP contribution in [0.2, 0.25) is 5.28 Å². The monoisotopic (exact) mass is 302 g/mol. The maximum absolute atomic E-state index is 5.87. The molecule has 0 aliphatic heterocycles. The predicted octanol–water partition coefficient (Wildman–Crippen LogP) is 3.81. The molecule has 3 aromatic rings. The van der Waals surface area contributed by atoms with E-state index >= 15 is 0 Å². The van der Waals surface area contributed by atoms with E-state index in [-0.39, 0.29) is 5.28 Å². The molecule has 2 aromatic heterocycles. The second-order valence-electron chi connectivity index (χ2n) is 4.25. The van der Waals surface area contributed by atoms with E-state index in [2.05, 4.69) is 15.0 Å². The van der Waals surface area contributed by atoms with Crippen LogP contribution in [0.5, 0.6) is 0 Å². The first-order chi connectivity index (χ1) is 9.63. The number of benzene rings is 1. The zero-order valence-electron chi connectivity index (χ0n) is 10.7. The van der Waals surface area contributed by atoms with E-state index in [0.29, 0.717) is 5.69 Å². The van der Waals surface area contributed by atoms with E-state index in [1.807, 2.05) is 37.3 Å². The summed E-state index contributed by atoms with van der Waals surface area (Å²) in [5, 5.41) is 1.19. The van der Waals surface area contributed by atoms with Crippen molar-refractivity contribution in [3.8, 4) is 21.8 Å². The Kier molecular flexibility index (Phi) is 3.38. The number of anilines is 1. The number of nitrogens with zero attached hydrogens (tertiary/aromatic N) is 3. The molecular formula is C14H11ClN4S. The van der Waals surface area contributed by atoms with Crippen LogP contribution in [0.1, 0.15) is 5.01 Å². The second-order valence-corrected chi connectivity index (χ2v) is 5.79. The van der Waals surface area contributed by atoms with Gasteiger partial charge in [-0.15, -0.1) is 11.3 Å². The fourth-order valence-corrected chi connectivity index (χ4v) is 3.00. The summed E-state index contributed by atoms with van der Waals surface area (Å²) in [4.78, 5) is 13.7. The number of nitrogen functional groups attached to an aromatic ring is 1. The first-order valence-electron chi connectivity index (χ1n) is 5.96. The van der Waals surface area contributed by atoms with Crippen LogP contribution in [0.25, 0.3) is 21.8 Å². The molecule has 100 valence electrons. The summed E-state index contributed by atoms with van der Waals surface area (Å²) >= 11 is 7.44. The van der Waals surface area contributed by atoms with Gasteiger partial charge in [-0.05, 0) is 36.7 Å². The van der Waals surface area contributed by atoms with Crippen molar-refractivity contribution in [3.63, 3.8) is 0 Å². The first kappa shape index (κ1) is 13.0. The Morgan fingerprint density at radius 1 is 1.20 bits per heavy atom.